The first-order valence-electron chi connectivity index (χ1n) is 7.92. The highest BCUT2D eigenvalue weighted by atomic mass is 32.2. The molecule has 1 aromatic rings. The minimum absolute atomic E-state index is 0.0268. The van der Waals surface area contributed by atoms with Gasteiger partial charge in [0.05, 0.1) is 11.2 Å². The highest BCUT2D eigenvalue weighted by Crippen LogP contribution is 2.32. The van der Waals surface area contributed by atoms with Crippen molar-refractivity contribution < 1.29 is 4.52 Å². The number of nitrogens with one attached hydrogen (secondary N) is 1. The van der Waals surface area contributed by atoms with Crippen molar-refractivity contribution in [3.63, 3.8) is 0 Å². The van der Waals surface area contributed by atoms with Crippen molar-refractivity contribution in [3.05, 3.63) is 11.7 Å². The maximum Gasteiger partial charge on any atom is 0.233 e. The van der Waals surface area contributed by atoms with Crippen LogP contribution in [0.15, 0.2) is 4.52 Å². The third-order valence-electron chi connectivity index (χ3n) is 4.58. The Kier molecular flexibility index (Phi) is 4.66. The van der Waals surface area contributed by atoms with Crippen LogP contribution in [0.5, 0.6) is 0 Å². The summed E-state index contributed by atoms with van der Waals surface area (Å²) in [5, 5.41) is 8.42. The maximum absolute atomic E-state index is 5.53. The van der Waals surface area contributed by atoms with E-state index in [2.05, 4.69) is 22.4 Å². The lowest BCUT2D eigenvalue weighted by Crippen LogP contribution is -2.41. The van der Waals surface area contributed by atoms with Crippen LogP contribution < -0.4 is 5.32 Å². The number of aromatic nitrogens is 2. The van der Waals surface area contributed by atoms with Gasteiger partial charge in [-0.15, -0.1) is 0 Å². The normalized spacial score (nSPS) is 28.6. The van der Waals surface area contributed by atoms with Crippen LogP contribution in [0.2, 0.25) is 0 Å². The summed E-state index contributed by atoms with van der Waals surface area (Å²) in [6, 6.07) is 0. The highest BCUT2D eigenvalue weighted by Gasteiger charge is 2.34. The molecule has 2 heterocycles. The van der Waals surface area contributed by atoms with E-state index in [4.69, 9.17) is 4.52 Å². The van der Waals surface area contributed by atoms with Crippen molar-refractivity contribution in [1.82, 2.24) is 15.5 Å². The molecule has 0 amide bonds. The van der Waals surface area contributed by atoms with E-state index in [1.165, 1.54) is 38.5 Å². The Morgan fingerprint density at radius 2 is 2.15 bits per heavy atom. The first kappa shape index (κ1) is 14.4. The summed E-state index contributed by atoms with van der Waals surface area (Å²) in [6.07, 6.45) is 9.23. The predicted octanol–water partition coefficient (Wildman–Crippen LogP) is 3.28. The second kappa shape index (κ2) is 6.48. The van der Waals surface area contributed by atoms with Gasteiger partial charge in [-0.3, -0.25) is 0 Å². The summed E-state index contributed by atoms with van der Waals surface area (Å²) in [4.78, 5) is 4.65. The Bertz CT molecular complexity index is 423. The van der Waals surface area contributed by atoms with Crippen LogP contribution >= 0.6 is 11.8 Å². The van der Waals surface area contributed by atoms with Gasteiger partial charge < -0.3 is 9.84 Å². The van der Waals surface area contributed by atoms with Crippen molar-refractivity contribution in [2.45, 2.75) is 68.3 Å². The van der Waals surface area contributed by atoms with Gasteiger partial charge in [-0.1, -0.05) is 24.4 Å². The molecule has 1 aliphatic carbocycles. The SMILES string of the molecule is CC1(c2nc(CSC3CCCCC3)no2)CCCNC1. The largest absolute Gasteiger partial charge is 0.339 e. The van der Waals surface area contributed by atoms with Gasteiger partial charge in [0.15, 0.2) is 5.82 Å². The Balaban J connectivity index is 1.56. The molecule has 0 radical (unpaired) electrons. The van der Waals surface area contributed by atoms with Crippen molar-refractivity contribution in [3.8, 4) is 0 Å². The fraction of sp³-hybridized carbons (Fsp3) is 0.867. The summed E-state index contributed by atoms with van der Waals surface area (Å²) < 4.78 is 5.53. The zero-order valence-corrected chi connectivity index (χ0v) is 13.2. The lowest BCUT2D eigenvalue weighted by atomic mass is 9.83. The van der Waals surface area contributed by atoms with Crippen molar-refractivity contribution in [2.75, 3.05) is 13.1 Å². The average Bonchev–Trinajstić information content (AvgIpc) is 2.97. The summed E-state index contributed by atoms with van der Waals surface area (Å²) in [5.74, 6) is 2.60. The van der Waals surface area contributed by atoms with Gasteiger partial charge in [-0.25, -0.2) is 0 Å². The molecule has 1 aliphatic heterocycles. The Morgan fingerprint density at radius 3 is 2.90 bits per heavy atom. The van der Waals surface area contributed by atoms with Gasteiger partial charge in [0.2, 0.25) is 5.89 Å². The molecule has 1 saturated heterocycles. The standard InChI is InChI=1S/C15H25N3OS/c1-15(8-5-9-16-11-15)14-17-13(18-19-14)10-20-12-6-3-2-4-7-12/h12,16H,2-11H2,1H3. The van der Waals surface area contributed by atoms with E-state index in [-0.39, 0.29) is 5.41 Å². The lowest BCUT2D eigenvalue weighted by molar-refractivity contribution is 0.245. The number of hydrogen-bond donors (Lipinski definition) is 1. The molecule has 5 heteroatoms. The molecule has 112 valence electrons. The van der Waals surface area contributed by atoms with Crippen LogP contribution in [-0.4, -0.2) is 28.5 Å². The van der Waals surface area contributed by atoms with Gasteiger partial charge >= 0.3 is 0 Å². The molecule has 2 fully saturated rings. The molecule has 0 spiro atoms. The second-order valence-corrected chi connectivity index (χ2v) is 7.72. The first-order valence-corrected chi connectivity index (χ1v) is 8.96. The van der Waals surface area contributed by atoms with E-state index in [1.54, 1.807) is 0 Å². The van der Waals surface area contributed by atoms with E-state index >= 15 is 0 Å². The predicted molar refractivity (Wildman–Crippen MR) is 81.9 cm³/mol. The van der Waals surface area contributed by atoms with Crippen LogP contribution in [0.4, 0.5) is 0 Å². The number of nitrogens with zero attached hydrogens (tertiary/aromatic N) is 2. The smallest absolute Gasteiger partial charge is 0.233 e. The van der Waals surface area contributed by atoms with Gasteiger partial charge in [0.1, 0.15) is 0 Å². The zero-order valence-electron chi connectivity index (χ0n) is 12.4. The van der Waals surface area contributed by atoms with E-state index in [9.17, 15) is 0 Å². The zero-order chi connectivity index (χ0) is 13.8. The molecule has 3 rings (SSSR count). The lowest BCUT2D eigenvalue weighted by Gasteiger charge is -2.30. The molecule has 1 saturated carbocycles. The minimum atomic E-state index is 0.0268. The summed E-state index contributed by atoms with van der Waals surface area (Å²) in [5.41, 5.74) is 0.0268. The maximum atomic E-state index is 5.53. The van der Waals surface area contributed by atoms with E-state index < -0.39 is 0 Å². The van der Waals surface area contributed by atoms with Crippen LogP contribution in [0.25, 0.3) is 0 Å². The summed E-state index contributed by atoms with van der Waals surface area (Å²) in [7, 11) is 0. The van der Waals surface area contributed by atoms with Crippen molar-refractivity contribution >= 4 is 11.8 Å². The number of hydrogen-bond acceptors (Lipinski definition) is 5. The number of rotatable bonds is 4. The number of piperidine rings is 1. The molecule has 20 heavy (non-hydrogen) atoms. The molecule has 0 bridgehead atoms. The first-order chi connectivity index (χ1) is 9.76. The summed E-state index contributed by atoms with van der Waals surface area (Å²) >= 11 is 2.01. The van der Waals surface area contributed by atoms with Crippen LogP contribution in [0, 0.1) is 0 Å². The number of thioether (sulfide) groups is 1. The van der Waals surface area contributed by atoms with E-state index in [1.807, 2.05) is 11.8 Å². The van der Waals surface area contributed by atoms with Crippen molar-refractivity contribution in [2.24, 2.45) is 0 Å². The Morgan fingerprint density at radius 1 is 1.30 bits per heavy atom. The van der Waals surface area contributed by atoms with Gasteiger partial charge in [0, 0.05) is 11.8 Å². The molecule has 0 aromatic carbocycles. The van der Waals surface area contributed by atoms with E-state index in [0.717, 1.165) is 42.2 Å². The molecular weight excluding hydrogens is 270 g/mol. The fourth-order valence-electron chi connectivity index (χ4n) is 3.22. The third-order valence-corrected chi connectivity index (χ3v) is 5.95. The van der Waals surface area contributed by atoms with Gasteiger partial charge in [0.25, 0.3) is 0 Å². The molecule has 1 N–H and O–H groups in total. The average molecular weight is 295 g/mol. The van der Waals surface area contributed by atoms with Crippen LogP contribution in [0.3, 0.4) is 0 Å². The molecular formula is C15H25N3OS. The highest BCUT2D eigenvalue weighted by molar-refractivity contribution is 7.99. The topological polar surface area (TPSA) is 51.0 Å². The van der Waals surface area contributed by atoms with Crippen LogP contribution in [-0.2, 0) is 11.2 Å². The quantitative estimate of drug-likeness (QED) is 0.924. The molecule has 2 aliphatic rings. The molecule has 1 aromatic heterocycles. The monoisotopic (exact) mass is 295 g/mol. The van der Waals surface area contributed by atoms with Gasteiger partial charge in [-0.2, -0.15) is 16.7 Å². The van der Waals surface area contributed by atoms with Crippen LogP contribution in [0.1, 0.15) is 63.6 Å². The van der Waals surface area contributed by atoms with Crippen molar-refractivity contribution in [1.29, 1.82) is 0 Å². The Labute approximate surface area is 125 Å². The Hall–Kier alpha value is -0.550. The molecule has 1 atom stereocenters. The molecule has 1 unspecified atom stereocenters. The third kappa shape index (κ3) is 3.37. The van der Waals surface area contributed by atoms with Gasteiger partial charge in [-0.05, 0) is 39.2 Å². The summed E-state index contributed by atoms with van der Waals surface area (Å²) in [6.45, 7) is 4.28. The fourth-order valence-corrected chi connectivity index (χ4v) is 4.39. The minimum Gasteiger partial charge on any atom is -0.339 e. The second-order valence-electron chi connectivity index (χ2n) is 6.43. The van der Waals surface area contributed by atoms with E-state index in [0.29, 0.717) is 0 Å². The molecule has 4 nitrogen and oxygen atoms in total.